The summed E-state index contributed by atoms with van der Waals surface area (Å²) in [6.07, 6.45) is 0. The molecule has 0 aliphatic rings. The van der Waals surface area contributed by atoms with Gasteiger partial charge >= 0.3 is 5.97 Å². The molecule has 16 heavy (non-hydrogen) atoms. The van der Waals surface area contributed by atoms with Crippen LogP contribution < -0.4 is 5.73 Å². The van der Waals surface area contributed by atoms with Crippen molar-refractivity contribution < 1.29 is 18.3 Å². The van der Waals surface area contributed by atoms with Crippen LogP contribution in [0.25, 0.3) is 0 Å². The van der Waals surface area contributed by atoms with Gasteiger partial charge in [0.1, 0.15) is 17.3 Å². The fourth-order valence-corrected chi connectivity index (χ4v) is 0.947. The molecule has 1 rings (SSSR count). The zero-order chi connectivity index (χ0) is 12.1. The molecular formula is C11H9F2NO2. The molecule has 1 aromatic carbocycles. The molecule has 0 bridgehead atoms. The van der Waals surface area contributed by atoms with E-state index < -0.39 is 23.3 Å². The van der Waals surface area contributed by atoms with E-state index in [9.17, 15) is 13.6 Å². The van der Waals surface area contributed by atoms with Gasteiger partial charge in [-0.05, 0) is 19.1 Å². The summed E-state index contributed by atoms with van der Waals surface area (Å²) >= 11 is 0. The van der Waals surface area contributed by atoms with Gasteiger partial charge in [-0.3, -0.25) is 0 Å². The van der Waals surface area contributed by atoms with Gasteiger partial charge < -0.3 is 10.5 Å². The minimum atomic E-state index is -0.909. The number of anilines is 1. The molecular weight excluding hydrogens is 216 g/mol. The Balaban J connectivity index is 2.94. The van der Waals surface area contributed by atoms with E-state index in [0.29, 0.717) is 0 Å². The van der Waals surface area contributed by atoms with Gasteiger partial charge in [0.2, 0.25) is 0 Å². The summed E-state index contributed by atoms with van der Waals surface area (Å²) in [6, 6.07) is 1.90. The Morgan fingerprint density at radius 2 is 2.00 bits per heavy atom. The number of rotatable bonds is 1. The number of halogens is 2. The van der Waals surface area contributed by atoms with E-state index in [0.717, 1.165) is 12.1 Å². The van der Waals surface area contributed by atoms with Gasteiger partial charge in [-0.25, -0.2) is 13.6 Å². The largest absolute Gasteiger partial charge is 0.456 e. The molecule has 0 aliphatic heterocycles. The SMILES string of the molecule is CCOC(=O)C#Cc1cc(F)c(N)c(F)c1. The molecule has 5 heteroatoms. The maximum absolute atomic E-state index is 13.0. The number of carbonyl (C=O) groups is 1. The zero-order valence-corrected chi connectivity index (χ0v) is 8.51. The minimum absolute atomic E-state index is 0.0252. The van der Waals surface area contributed by atoms with Crippen LogP contribution in [0, 0.1) is 23.5 Å². The Morgan fingerprint density at radius 1 is 1.44 bits per heavy atom. The van der Waals surface area contributed by atoms with Gasteiger partial charge in [0.05, 0.1) is 6.61 Å². The first kappa shape index (κ1) is 12.0. The zero-order valence-electron chi connectivity index (χ0n) is 8.51. The van der Waals surface area contributed by atoms with E-state index in [4.69, 9.17) is 5.73 Å². The molecule has 0 saturated heterocycles. The maximum Gasteiger partial charge on any atom is 0.384 e. The van der Waals surface area contributed by atoms with E-state index in [-0.39, 0.29) is 12.2 Å². The van der Waals surface area contributed by atoms with Gasteiger partial charge in [0, 0.05) is 11.5 Å². The van der Waals surface area contributed by atoms with Crippen LogP contribution in [0.1, 0.15) is 12.5 Å². The summed E-state index contributed by atoms with van der Waals surface area (Å²) in [5.41, 5.74) is 4.52. The molecule has 0 heterocycles. The third-order valence-electron chi connectivity index (χ3n) is 1.66. The van der Waals surface area contributed by atoms with Crippen molar-refractivity contribution in [2.75, 3.05) is 12.3 Å². The van der Waals surface area contributed by atoms with Crippen LogP contribution in [0.15, 0.2) is 12.1 Å². The second-order valence-electron chi connectivity index (χ2n) is 2.82. The maximum atomic E-state index is 13.0. The predicted molar refractivity (Wildman–Crippen MR) is 54.3 cm³/mol. The summed E-state index contributed by atoms with van der Waals surface area (Å²) in [5.74, 6) is 1.80. The van der Waals surface area contributed by atoms with Crippen LogP contribution in [0.3, 0.4) is 0 Å². The van der Waals surface area contributed by atoms with Crippen molar-refractivity contribution in [1.29, 1.82) is 0 Å². The van der Waals surface area contributed by atoms with Crippen LogP contribution in [-0.4, -0.2) is 12.6 Å². The highest BCUT2D eigenvalue weighted by Gasteiger charge is 2.06. The topological polar surface area (TPSA) is 52.3 Å². The second kappa shape index (κ2) is 5.12. The predicted octanol–water partition coefficient (Wildman–Crippen LogP) is 1.46. The van der Waals surface area contributed by atoms with Crippen molar-refractivity contribution in [1.82, 2.24) is 0 Å². The minimum Gasteiger partial charge on any atom is -0.456 e. The molecule has 0 aliphatic carbocycles. The Bertz CT molecular complexity index is 452. The highest BCUT2D eigenvalue weighted by molar-refractivity contribution is 5.89. The average Bonchev–Trinajstić information content (AvgIpc) is 2.23. The summed E-state index contributed by atoms with van der Waals surface area (Å²) in [4.78, 5) is 10.8. The van der Waals surface area contributed by atoms with E-state index >= 15 is 0 Å². The summed E-state index contributed by atoms with van der Waals surface area (Å²) in [6.45, 7) is 1.82. The number of ether oxygens (including phenoxy) is 1. The lowest BCUT2D eigenvalue weighted by Gasteiger charge is -1.98. The molecule has 0 saturated carbocycles. The quantitative estimate of drug-likeness (QED) is 0.447. The Kier molecular flexibility index (Phi) is 3.84. The number of esters is 1. The number of hydrogen-bond acceptors (Lipinski definition) is 3. The summed E-state index contributed by atoms with van der Waals surface area (Å²) in [7, 11) is 0. The number of nitrogen functional groups attached to an aromatic ring is 1. The van der Waals surface area contributed by atoms with E-state index in [1.54, 1.807) is 6.92 Å². The molecule has 0 amide bonds. The molecule has 0 atom stereocenters. The van der Waals surface area contributed by atoms with E-state index in [2.05, 4.69) is 16.6 Å². The standard InChI is InChI=1S/C11H9F2NO2/c1-2-16-10(15)4-3-7-5-8(12)11(14)9(13)6-7/h5-6H,2,14H2,1H3. The van der Waals surface area contributed by atoms with Crippen molar-refractivity contribution in [3.05, 3.63) is 29.3 Å². The van der Waals surface area contributed by atoms with Gasteiger partial charge in [-0.2, -0.15) is 0 Å². The lowest BCUT2D eigenvalue weighted by Crippen LogP contribution is -2.00. The highest BCUT2D eigenvalue weighted by atomic mass is 19.1. The van der Waals surface area contributed by atoms with Gasteiger partial charge in [-0.1, -0.05) is 5.92 Å². The van der Waals surface area contributed by atoms with Crippen LogP contribution in [0.2, 0.25) is 0 Å². The normalized spacial score (nSPS) is 9.19. The molecule has 0 aromatic heterocycles. The van der Waals surface area contributed by atoms with E-state index in [1.807, 2.05) is 0 Å². The molecule has 3 nitrogen and oxygen atoms in total. The van der Waals surface area contributed by atoms with Crippen molar-refractivity contribution in [3.8, 4) is 11.8 Å². The van der Waals surface area contributed by atoms with Gasteiger partial charge in [0.15, 0.2) is 0 Å². The lowest BCUT2D eigenvalue weighted by atomic mass is 10.2. The van der Waals surface area contributed by atoms with Crippen molar-refractivity contribution in [2.24, 2.45) is 0 Å². The molecule has 2 N–H and O–H groups in total. The van der Waals surface area contributed by atoms with Crippen molar-refractivity contribution in [2.45, 2.75) is 6.92 Å². The second-order valence-corrected chi connectivity index (χ2v) is 2.82. The highest BCUT2D eigenvalue weighted by Crippen LogP contribution is 2.16. The van der Waals surface area contributed by atoms with Gasteiger partial charge in [-0.15, -0.1) is 0 Å². The van der Waals surface area contributed by atoms with Crippen molar-refractivity contribution >= 4 is 11.7 Å². The molecule has 0 radical (unpaired) electrons. The molecule has 84 valence electrons. The third-order valence-corrected chi connectivity index (χ3v) is 1.66. The van der Waals surface area contributed by atoms with Gasteiger partial charge in [0.25, 0.3) is 0 Å². The Labute approximate surface area is 91.2 Å². The number of hydrogen-bond donors (Lipinski definition) is 1. The number of nitrogens with two attached hydrogens (primary N) is 1. The number of carbonyl (C=O) groups excluding carboxylic acids is 1. The van der Waals surface area contributed by atoms with Crippen LogP contribution in [0.5, 0.6) is 0 Å². The lowest BCUT2D eigenvalue weighted by molar-refractivity contribution is -0.136. The summed E-state index contributed by atoms with van der Waals surface area (Å²) < 4.78 is 30.5. The Morgan fingerprint density at radius 3 is 2.50 bits per heavy atom. The molecule has 0 unspecified atom stereocenters. The van der Waals surface area contributed by atoms with Crippen LogP contribution in [-0.2, 0) is 9.53 Å². The Hall–Kier alpha value is -2.09. The fourth-order valence-electron chi connectivity index (χ4n) is 0.947. The van der Waals surface area contributed by atoms with Crippen LogP contribution >= 0.6 is 0 Å². The van der Waals surface area contributed by atoms with E-state index in [1.165, 1.54) is 0 Å². The number of benzene rings is 1. The third kappa shape index (κ3) is 2.95. The summed E-state index contributed by atoms with van der Waals surface area (Å²) in [5, 5.41) is 0. The molecule has 0 fully saturated rings. The molecule has 1 aromatic rings. The van der Waals surface area contributed by atoms with Crippen molar-refractivity contribution in [3.63, 3.8) is 0 Å². The first-order chi connectivity index (χ1) is 7.54. The average molecular weight is 225 g/mol. The smallest absolute Gasteiger partial charge is 0.384 e. The monoisotopic (exact) mass is 225 g/mol. The fraction of sp³-hybridized carbons (Fsp3) is 0.182. The van der Waals surface area contributed by atoms with Crippen LogP contribution in [0.4, 0.5) is 14.5 Å². The first-order valence-electron chi connectivity index (χ1n) is 4.48. The molecule has 0 spiro atoms. The first-order valence-corrected chi connectivity index (χ1v) is 4.48.